The lowest BCUT2D eigenvalue weighted by Crippen LogP contribution is -2.32. The number of rotatable bonds is 10. The molecule has 1 fully saturated rings. The highest BCUT2D eigenvalue weighted by Gasteiger charge is 2.21. The number of aliphatic carboxylic acids is 1. The molecule has 0 spiro atoms. The molecule has 40 heavy (non-hydrogen) atoms. The summed E-state index contributed by atoms with van der Waals surface area (Å²) in [5.74, 6) is -0.556. The molecule has 1 heterocycles. The molecular weight excluding hydrogens is 514 g/mol. The van der Waals surface area contributed by atoms with E-state index < -0.39 is 12.0 Å². The highest BCUT2D eigenvalue weighted by molar-refractivity contribution is 6.12. The van der Waals surface area contributed by atoms with E-state index in [1.54, 1.807) is 60.7 Å². The van der Waals surface area contributed by atoms with Crippen LogP contribution in [-0.4, -0.2) is 81.9 Å². The number of carbonyl (C=O) groups is 2. The average molecular weight is 550 g/mol. The number of anilines is 1. The molecule has 0 aliphatic carbocycles. The molecule has 1 saturated heterocycles. The molecule has 0 bridgehead atoms. The van der Waals surface area contributed by atoms with E-state index in [4.69, 9.17) is 23.7 Å². The van der Waals surface area contributed by atoms with Gasteiger partial charge in [-0.05, 0) is 29.8 Å². The maximum atomic E-state index is 13.1. The smallest absolute Gasteiger partial charge is 0.326 e. The summed E-state index contributed by atoms with van der Waals surface area (Å²) in [7, 11) is 0. The van der Waals surface area contributed by atoms with Crippen molar-refractivity contribution in [2.24, 2.45) is 0 Å². The van der Waals surface area contributed by atoms with E-state index in [-0.39, 0.29) is 18.3 Å². The van der Waals surface area contributed by atoms with Crippen LogP contribution in [0.4, 0.5) is 5.69 Å². The molecule has 9 heteroatoms. The normalized spacial score (nSPS) is 17.6. The molecule has 0 aromatic heterocycles. The first-order chi connectivity index (χ1) is 19.6. The zero-order valence-corrected chi connectivity index (χ0v) is 22.3. The maximum Gasteiger partial charge on any atom is 0.326 e. The van der Waals surface area contributed by atoms with Crippen LogP contribution in [0, 0.1) is 0 Å². The summed E-state index contributed by atoms with van der Waals surface area (Å²) < 4.78 is 28.3. The van der Waals surface area contributed by atoms with Crippen molar-refractivity contribution in [3.63, 3.8) is 0 Å². The summed E-state index contributed by atoms with van der Waals surface area (Å²) in [4.78, 5) is 25.2. The summed E-state index contributed by atoms with van der Waals surface area (Å²) in [6.45, 7) is 3.60. The highest BCUT2D eigenvalue weighted by Crippen LogP contribution is 2.22. The quantitative estimate of drug-likeness (QED) is 0.364. The molecule has 2 N–H and O–H groups in total. The monoisotopic (exact) mass is 549 g/mol. The minimum absolute atomic E-state index is 0.175. The number of carboxylic acid groups (broad SMARTS) is 1. The Bertz CT molecular complexity index is 1190. The van der Waals surface area contributed by atoms with Crippen LogP contribution in [0.3, 0.4) is 0 Å². The summed E-state index contributed by atoms with van der Waals surface area (Å²) in [5.41, 5.74) is 2.23. The van der Waals surface area contributed by atoms with Gasteiger partial charge in [0.05, 0.1) is 46.2 Å². The fourth-order valence-corrected chi connectivity index (χ4v) is 4.16. The Kier molecular flexibility index (Phi) is 11.5. The van der Waals surface area contributed by atoms with Crippen LogP contribution in [0.25, 0.3) is 0 Å². The minimum atomic E-state index is -1.02. The Morgan fingerprint density at radius 1 is 0.825 bits per heavy atom. The second-order valence-corrected chi connectivity index (χ2v) is 9.23. The molecule has 0 saturated carbocycles. The largest absolute Gasteiger partial charge is 0.491 e. The molecule has 1 unspecified atom stereocenters. The summed E-state index contributed by atoms with van der Waals surface area (Å²) in [6.07, 6.45) is -0.0487. The van der Waals surface area contributed by atoms with Gasteiger partial charge in [0.2, 0.25) is 0 Å². The van der Waals surface area contributed by atoms with Gasteiger partial charge in [0.15, 0.2) is 5.78 Å². The van der Waals surface area contributed by atoms with Gasteiger partial charge in [-0.1, -0.05) is 54.6 Å². The van der Waals surface area contributed by atoms with Crippen LogP contribution in [0.5, 0.6) is 5.75 Å². The Labute approximate surface area is 234 Å². The van der Waals surface area contributed by atoms with E-state index in [2.05, 4.69) is 5.32 Å². The fraction of sp³-hybridized carbons (Fsp3) is 0.355. The zero-order valence-electron chi connectivity index (χ0n) is 22.3. The lowest BCUT2D eigenvalue weighted by atomic mass is 10.00. The molecule has 0 radical (unpaired) electrons. The van der Waals surface area contributed by atoms with Gasteiger partial charge in [-0.25, -0.2) is 4.79 Å². The molecule has 0 amide bonds. The number of ether oxygens (including phenoxy) is 5. The third-order valence-corrected chi connectivity index (χ3v) is 6.26. The Morgan fingerprint density at radius 2 is 1.48 bits per heavy atom. The van der Waals surface area contributed by atoms with Gasteiger partial charge in [0.1, 0.15) is 24.5 Å². The summed E-state index contributed by atoms with van der Waals surface area (Å²) in [5, 5.41) is 13.0. The first kappa shape index (κ1) is 29.2. The predicted molar refractivity (Wildman–Crippen MR) is 149 cm³/mol. The van der Waals surface area contributed by atoms with Crippen LogP contribution >= 0.6 is 0 Å². The lowest BCUT2D eigenvalue weighted by molar-refractivity contribution is -0.137. The highest BCUT2D eigenvalue weighted by atomic mass is 16.6. The van der Waals surface area contributed by atoms with E-state index in [9.17, 15) is 14.7 Å². The number of ketones is 1. The van der Waals surface area contributed by atoms with E-state index in [0.717, 1.165) is 5.56 Å². The molecule has 3 aromatic carbocycles. The molecule has 1 aliphatic heterocycles. The minimum Gasteiger partial charge on any atom is -0.491 e. The molecular formula is C31H35NO8. The maximum absolute atomic E-state index is 13.1. The van der Waals surface area contributed by atoms with Gasteiger partial charge >= 0.3 is 5.97 Å². The number of carboxylic acids is 1. The SMILES string of the molecule is O=C(c1ccccc1)c1ccccc1N[C@@H](Cc1ccc(OCC2COCCOCCOCCO2)cc1)C(=O)O. The lowest BCUT2D eigenvalue weighted by Gasteiger charge is -2.20. The fourth-order valence-electron chi connectivity index (χ4n) is 4.16. The van der Waals surface area contributed by atoms with Crippen molar-refractivity contribution in [2.75, 3.05) is 58.2 Å². The van der Waals surface area contributed by atoms with Crippen LogP contribution in [0.15, 0.2) is 78.9 Å². The van der Waals surface area contributed by atoms with Crippen LogP contribution in [-0.2, 0) is 30.2 Å². The van der Waals surface area contributed by atoms with E-state index >= 15 is 0 Å². The Balaban J connectivity index is 1.34. The average Bonchev–Trinajstić information content (AvgIpc) is 2.97. The van der Waals surface area contributed by atoms with Crippen molar-refractivity contribution in [3.05, 3.63) is 95.6 Å². The van der Waals surface area contributed by atoms with Crippen LogP contribution in [0.2, 0.25) is 0 Å². The number of benzene rings is 3. The third-order valence-electron chi connectivity index (χ3n) is 6.26. The molecule has 9 nitrogen and oxygen atoms in total. The first-order valence-corrected chi connectivity index (χ1v) is 13.3. The molecule has 1 aliphatic rings. The topological polar surface area (TPSA) is 113 Å². The van der Waals surface area contributed by atoms with Gasteiger partial charge in [-0.3, -0.25) is 4.79 Å². The van der Waals surface area contributed by atoms with Gasteiger partial charge < -0.3 is 34.1 Å². The van der Waals surface area contributed by atoms with Gasteiger partial charge in [-0.15, -0.1) is 0 Å². The van der Waals surface area contributed by atoms with Crippen molar-refractivity contribution in [1.82, 2.24) is 0 Å². The second-order valence-electron chi connectivity index (χ2n) is 9.23. The van der Waals surface area contributed by atoms with Gasteiger partial charge in [0.25, 0.3) is 0 Å². The Hall–Kier alpha value is -3.76. The van der Waals surface area contributed by atoms with Gasteiger partial charge in [0, 0.05) is 23.2 Å². The van der Waals surface area contributed by atoms with E-state index in [0.29, 0.717) is 75.4 Å². The number of hydrogen-bond acceptors (Lipinski definition) is 8. The predicted octanol–water partition coefficient (Wildman–Crippen LogP) is 3.85. The summed E-state index contributed by atoms with van der Waals surface area (Å²) >= 11 is 0. The van der Waals surface area contributed by atoms with Gasteiger partial charge in [-0.2, -0.15) is 0 Å². The van der Waals surface area contributed by atoms with Crippen molar-refractivity contribution < 1.29 is 38.4 Å². The number of hydrogen-bond donors (Lipinski definition) is 2. The summed E-state index contributed by atoms with van der Waals surface area (Å²) in [6, 6.07) is 22.2. The van der Waals surface area contributed by atoms with Crippen LogP contribution in [0.1, 0.15) is 21.5 Å². The second kappa shape index (κ2) is 15.7. The van der Waals surface area contributed by atoms with Crippen molar-refractivity contribution in [1.29, 1.82) is 0 Å². The van der Waals surface area contributed by atoms with Crippen LogP contribution < -0.4 is 10.1 Å². The molecule has 2 atom stereocenters. The van der Waals surface area contributed by atoms with E-state index in [1.807, 2.05) is 18.2 Å². The number of nitrogens with one attached hydrogen (secondary N) is 1. The van der Waals surface area contributed by atoms with Crippen molar-refractivity contribution >= 4 is 17.4 Å². The van der Waals surface area contributed by atoms with Crippen molar-refractivity contribution in [2.45, 2.75) is 18.6 Å². The first-order valence-electron chi connectivity index (χ1n) is 13.3. The zero-order chi connectivity index (χ0) is 28.0. The molecule has 212 valence electrons. The van der Waals surface area contributed by atoms with Crippen molar-refractivity contribution in [3.8, 4) is 5.75 Å². The Morgan fingerprint density at radius 3 is 2.20 bits per heavy atom. The standard InChI is InChI=1S/C31H35NO8/c33-30(24-6-2-1-3-7-24)27-8-4-5-9-28(27)32-29(31(34)35)20-23-10-12-25(13-11-23)40-22-26-21-38-17-16-36-14-15-37-18-19-39-26/h1-13,26,29,32H,14-22H2,(H,34,35)/t26?,29-/m0/s1. The number of carbonyl (C=O) groups excluding carboxylic acids is 1. The number of para-hydroxylation sites is 1. The molecule has 3 aromatic rings. The molecule has 4 rings (SSSR count). The third kappa shape index (κ3) is 9.17. The van der Waals surface area contributed by atoms with E-state index in [1.165, 1.54) is 0 Å².